The Bertz CT molecular complexity index is 609. The van der Waals surface area contributed by atoms with Crippen molar-refractivity contribution in [2.75, 3.05) is 12.3 Å². The average Bonchev–Trinajstić information content (AvgIpc) is 2.94. The van der Waals surface area contributed by atoms with Crippen LogP contribution in [0.3, 0.4) is 0 Å². The third-order valence-corrected chi connectivity index (χ3v) is 4.01. The van der Waals surface area contributed by atoms with Crippen LogP contribution < -0.4 is 5.32 Å². The minimum Gasteiger partial charge on any atom is -0.355 e. The monoisotopic (exact) mass is 319 g/mol. The molecule has 0 aliphatic rings. The zero-order chi connectivity index (χ0) is 15.9. The second-order valence-corrected chi connectivity index (χ2v) is 6.47. The van der Waals surface area contributed by atoms with E-state index in [1.165, 1.54) is 17.3 Å². The summed E-state index contributed by atoms with van der Waals surface area (Å²) in [4.78, 5) is 11.8. The van der Waals surface area contributed by atoms with Crippen LogP contribution in [0.15, 0.2) is 29.4 Å². The van der Waals surface area contributed by atoms with Crippen LogP contribution in [0.25, 0.3) is 5.69 Å². The smallest absolute Gasteiger partial charge is 0.230 e. The molecule has 0 unspecified atom stereocenters. The van der Waals surface area contributed by atoms with Crippen LogP contribution in [-0.4, -0.2) is 38.4 Å². The second-order valence-electron chi connectivity index (χ2n) is 5.53. The van der Waals surface area contributed by atoms with Crippen LogP contribution in [0, 0.1) is 12.8 Å². The van der Waals surface area contributed by atoms with E-state index in [4.69, 9.17) is 0 Å². The number of rotatable bonds is 7. The number of aromatic nitrogens is 4. The fourth-order valence-electron chi connectivity index (χ4n) is 1.80. The van der Waals surface area contributed by atoms with E-state index in [1.807, 2.05) is 31.2 Å². The highest BCUT2D eigenvalue weighted by atomic mass is 32.2. The standard InChI is InChI=1S/C15H21N5OS/c1-11(2)8-9-16-14(21)10-22-15-17-18-19-20(15)13-6-4-12(3)5-7-13/h4-7,11H,8-10H2,1-3H3,(H,16,21). The van der Waals surface area contributed by atoms with Crippen molar-refractivity contribution in [3.63, 3.8) is 0 Å². The van der Waals surface area contributed by atoms with Crippen molar-refractivity contribution < 1.29 is 4.79 Å². The molecule has 118 valence electrons. The van der Waals surface area contributed by atoms with Gasteiger partial charge in [-0.15, -0.1) is 5.10 Å². The lowest BCUT2D eigenvalue weighted by Gasteiger charge is -2.07. The van der Waals surface area contributed by atoms with Crippen molar-refractivity contribution in [1.29, 1.82) is 0 Å². The van der Waals surface area contributed by atoms with Gasteiger partial charge in [-0.05, 0) is 41.8 Å². The van der Waals surface area contributed by atoms with Gasteiger partial charge in [-0.2, -0.15) is 4.68 Å². The van der Waals surface area contributed by atoms with Gasteiger partial charge in [0.2, 0.25) is 11.1 Å². The molecule has 0 aliphatic carbocycles. The Morgan fingerprint density at radius 1 is 1.32 bits per heavy atom. The van der Waals surface area contributed by atoms with E-state index in [1.54, 1.807) is 4.68 Å². The largest absolute Gasteiger partial charge is 0.355 e. The van der Waals surface area contributed by atoms with Crippen molar-refractivity contribution >= 4 is 17.7 Å². The molecule has 7 heteroatoms. The molecule has 1 heterocycles. The Kier molecular flexibility index (Phi) is 5.94. The van der Waals surface area contributed by atoms with E-state index in [2.05, 4.69) is 34.7 Å². The van der Waals surface area contributed by atoms with Gasteiger partial charge in [-0.3, -0.25) is 4.79 Å². The summed E-state index contributed by atoms with van der Waals surface area (Å²) in [5, 5.41) is 15.2. The first-order chi connectivity index (χ1) is 10.6. The van der Waals surface area contributed by atoms with E-state index < -0.39 is 0 Å². The molecule has 1 aromatic heterocycles. The van der Waals surface area contributed by atoms with E-state index in [9.17, 15) is 4.79 Å². The molecule has 2 aromatic rings. The molecule has 0 radical (unpaired) electrons. The van der Waals surface area contributed by atoms with E-state index in [0.29, 0.717) is 23.4 Å². The van der Waals surface area contributed by atoms with Crippen molar-refractivity contribution in [3.05, 3.63) is 29.8 Å². The van der Waals surface area contributed by atoms with Gasteiger partial charge in [0.15, 0.2) is 0 Å². The van der Waals surface area contributed by atoms with E-state index >= 15 is 0 Å². The van der Waals surface area contributed by atoms with Gasteiger partial charge < -0.3 is 5.32 Å². The molecule has 0 aliphatic heterocycles. The van der Waals surface area contributed by atoms with Gasteiger partial charge >= 0.3 is 0 Å². The van der Waals surface area contributed by atoms with Crippen LogP contribution in [-0.2, 0) is 4.79 Å². The molecule has 0 fully saturated rings. The fraction of sp³-hybridized carbons (Fsp3) is 0.467. The summed E-state index contributed by atoms with van der Waals surface area (Å²) < 4.78 is 1.64. The van der Waals surface area contributed by atoms with Gasteiger partial charge in [0.1, 0.15) is 0 Å². The zero-order valence-corrected chi connectivity index (χ0v) is 13.9. The molecule has 0 atom stereocenters. The number of benzene rings is 1. The minimum atomic E-state index is 0.00380. The summed E-state index contributed by atoms with van der Waals surface area (Å²) in [5.74, 6) is 0.899. The van der Waals surface area contributed by atoms with E-state index in [0.717, 1.165) is 12.1 Å². The predicted octanol–water partition coefficient (Wildman–Crippen LogP) is 2.23. The summed E-state index contributed by atoms with van der Waals surface area (Å²) in [7, 11) is 0. The number of aryl methyl sites for hydroxylation is 1. The number of carbonyl (C=O) groups is 1. The number of tetrazole rings is 1. The number of amides is 1. The first-order valence-electron chi connectivity index (χ1n) is 7.31. The van der Waals surface area contributed by atoms with Crippen LogP contribution >= 0.6 is 11.8 Å². The molecule has 1 aromatic carbocycles. The van der Waals surface area contributed by atoms with Crippen LogP contribution in [0.1, 0.15) is 25.8 Å². The van der Waals surface area contributed by atoms with Crippen molar-refractivity contribution in [3.8, 4) is 5.69 Å². The third kappa shape index (κ3) is 4.84. The lowest BCUT2D eigenvalue weighted by Crippen LogP contribution is -2.27. The molecular formula is C15H21N5OS. The molecule has 1 amide bonds. The molecule has 1 N–H and O–H groups in total. The van der Waals surface area contributed by atoms with Gasteiger partial charge in [0.05, 0.1) is 11.4 Å². The summed E-state index contributed by atoms with van der Waals surface area (Å²) >= 11 is 1.33. The zero-order valence-electron chi connectivity index (χ0n) is 13.1. The first kappa shape index (κ1) is 16.5. The Morgan fingerprint density at radius 3 is 2.73 bits per heavy atom. The van der Waals surface area contributed by atoms with Crippen LogP contribution in [0.5, 0.6) is 0 Å². The molecule has 0 saturated carbocycles. The van der Waals surface area contributed by atoms with Crippen molar-refractivity contribution in [2.24, 2.45) is 5.92 Å². The molecule has 2 rings (SSSR count). The Balaban J connectivity index is 1.90. The number of thioether (sulfide) groups is 1. The number of nitrogens with zero attached hydrogens (tertiary/aromatic N) is 4. The number of carbonyl (C=O) groups excluding carboxylic acids is 1. The first-order valence-corrected chi connectivity index (χ1v) is 8.29. The number of nitrogens with one attached hydrogen (secondary N) is 1. The molecule has 0 saturated heterocycles. The Labute approximate surface area is 134 Å². The highest BCUT2D eigenvalue weighted by Crippen LogP contribution is 2.18. The van der Waals surface area contributed by atoms with Crippen LogP contribution in [0.4, 0.5) is 0 Å². The molecule has 0 bridgehead atoms. The highest BCUT2D eigenvalue weighted by Gasteiger charge is 2.11. The van der Waals surface area contributed by atoms with Crippen LogP contribution in [0.2, 0.25) is 0 Å². The lowest BCUT2D eigenvalue weighted by molar-refractivity contribution is -0.118. The average molecular weight is 319 g/mol. The van der Waals surface area contributed by atoms with Gasteiger partial charge in [-0.25, -0.2) is 0 Å². The Morgan fingerprint density at radius 2 is 2.05 bits per heavy atom. The lowest BCUT2D eigenvalue weighted by atomic mass is 10.1. The summed E-state index contributed by atoms with van der Waals surface area (Å²) in [6, 6.07) is 7.92. The summed E-state index contributed by atoms with van der Waals surface area (Å²) in [5.41, 5.74) is 2.06. The maximum atomic E-state index is 11.8. The topological polar surface area (TPSA) is 72.7 Å². The quantitative estimate of drug-likeness (QED) is 0.792. The predicted molar refractivity (Wildman–Crippen MR) is 87.1 cm³/mol. The number of hydrogen-bond donors (Lipinski definition) is 1. The van der Waals surface area contributed by atoms with E-state index in [-0.39, 0.29) is 5.91 Å². The Hall–Kier alpha value is -1.89. The van der Waals surface area contributed by atoms with Gasteiger partial charge in [0.25, 0.3) is 0 Å². The normalized spacial score (nSPS) is 10.9. The molecular weight excluding hydrogens is 298 g/mol. The highest BCUT2D eigenvalue weighted by molar-refractivity contribution is 7.99. The minimum absolute atomic E-state index is 0.00380. The molecule has 0 spiro atoms. The summed E-state index contributed by atoms with van der Waals surface area (Å²) in [6.45, 7) is 7.01. The fourth-order valence-corrected chi connectivity index (χ4v) is 2.52. The summed E-state index contributed by atoms with van der Waals surface area (Å²) in [6.07, 6.45) is 0.984. The van der Waals surface area contributed by atoms with Gasteiger partial charge in [-0.1, -0.05) is 43.3 Å². The molecule has 6 nitrogen and oxygen atoms in total. The number of hydrogen-bond acceptors (Lipinski definition) is 5. The molecule has 22 heavy (non-hydrogen) atoms. The van der Waals surface area contributed by atoms with Gasteiger partial charge in [0, 0.05) is 6.54 Å². The maximum Gasteiger partial charge on any atom is 0.230 e. The van der Waals surface area contributed by atoms with Crippen molar-refractivity contribution in [1.82, 2.24) is 25.5 Å². The second kappa shape index (κ2) is 7.93. The third-order valence-electron chi connectivity index (χ3n) is 3.10. The SMILES string of the molecule is Cc1ccc(-n2nnnc2SCC(=O)NCCC(C)C)cc1. The maximum absolute atomic E-state index is 11.8. The van der Waals surface area contributed by atoms with Crippen molar-refractivity contribution in [2.45, 2.75) is 32.3 Å².